The number of halogens is 1. The number of hydrazine groups is 1. The van der Waals surface area contributed by atoms with Crippen molar-refractivity contribution in [3.63, 3.8) is 0 Å². The van der Waals surface area contributed by atoms with E-state index in [1.54, 1.807) is 6.20 Å². The number of hydrogen-bond acceptors (Lipinski definition) is 6. The predicted octanol–water partition coefficient (Wildman–Crippen LogP) is 1.36. The van der Waals surface area contributed by atoms with Gasteiger partial charge in [0.1, 0.15) is 5.82 Å². The maximum Gasteiger partial charge on any atom is 0.239 e. The van der Waals surface area contributed by atoms with Crippen LogP contribution in [0.15, 0.2) is 10.7 Å². The first-order valence-electron chi connectivity index (χ1n) is 5.60. The van der Waals surface area contributed by atoms with Crippen molar-refractivity contribution in [3.8, 4) is 0 Å². The molecular formula is C10H16BrN5O. The standard InChI is InChI=1S/C10H16BrN5O/c11-8-6-14-10(16-12)15-9(8)13-5-7-1-3-17-4-2-7/h6-7H,1-5,12H2,(H2,13,14,15,16). The van der Waals surface area contributed by atoms with Crippen LogP contribution in [0.4, 0.5) is 11.8 Å². The van der Waals surface area contributed by atoms with E-state index < -0.39 is 0 Å². The van der Waals surface area contributed by atoms with Gasteiger partial charge in [-0.15, -0.1) is 0 Å². The molecule has 0 aromatic carbocycles. The number of nitrogen functional groups attached to an aromatic ring is 1. The fourth-order valence-corrected chi connectivity index (χ4v) is 2.08. The van der Waals surface area contributed by atoms with E-state index in [2.05, 4.69) is 36.6 Å². The normalized spacial score (nSPS) is 16.8. The molecule has 0 bridgehead atoms. The Balaban J connectivity index is 1.92. The first-order chi connectivity index (χ1) is 8.29. The van der Waals surface area contributed by atoms with Gasteiger partial charge < -0.3 is 10.1 Å². The van der Waals surface area contributed by atoms with Gasteiger partial charge in [0.15, 0.2) is 0 Å². The molecular weight excluding hydrogens is 286 g/mol. The minimum Gasteiger partial charge on any atom is -0.381 e. The van der Waals surface area contributed by atoms with Crippen LogP contribution < -0.4 is 16.6 Å². The summed E-state index contributed by atoms with van der Waals surface area (Å²) in [4.78, 5) is 8.24. The second kappa shape index (κ2) is 6.13. The molecule has 0 aliphatic carbocycles. The molecule has 4 N–H and O–H groups in total. The Morgan fingerprint density at radius 1 is 1.47 bits per heavy atom. The molecule has 17 heavy (non-hydrogen) atoms. The summed E-state index contributed by atoms with van der Waals surface area (Å²) in [7, 11) is 0. The fourth-order valence-electron chi connectivity index (χ4n) is 1.75. The number of nitrogens with one attached hydrogen (secondary N) is 2. The smallest absolute Gasteiger partial charge is 0.239 e. The van der Waals surface area contributed by atoms with E-state index in [9.17, 15) is 0 Å². The van der Waals surface area contributed by atoms with Crippen molar-refractivity contribution in [2.24, 2.45) is 11.8 Å². The highest BCUT2D eigenvalue weighted by molar-refractivity contribution is 9.10. The average molecular weight is 302 g/mol. The van der Waals surface area contributed by atoms with E-state index in [0.717, 1.165) is 42.9 Å². The van der Waals surface area contributed by atoms with E-state index in [-0.39, 0.29) is 0 Å². The molecule has 1 aromatic heterocycles. The van der Waals surface area contributed by atoms with Crippen molar-refractivity contribution in [2.45, 2.75) is 12.8 Å². The zero-order valence-corrected chi connectivity index (χ0v) is 11.0. The van der Waals surface area contributed by atoms with Gasteiger partial charge in [-0.25, -0.2) is 10.8 Å². The number of nitrogens with two attached hydrogens (primary N) is 1. The number of hydrogen-bond donors (Lipinski definition) is 3. The van der Waals surface area contributed by atoms with Crippen LogP contribution in [-0.2, 0) is 4.74 Å². The lowest BCUT2D eigenvalue weighted by atomic mass is 10.0. The van der Waals surface area contributed by atoms with Gasteiger partial charge in [-0.1, -0.05) is 0 Å². The Labute approximate surface area is 108 Å². The van der Waals surface area contributed by atoms with Gasteiger partial charge >= 0.3 is 0 Å². The minimum absolute atomic E-state index is 0.405. The highest BCUT2D eigenvalue weighted by Gasteiger charge is 2.14. The fraction of sp³-hybridized carbons (Fsp3) is 0.600. The molecule has 1 aliphatic heterocycles. The van der Waals surface area contributed by atoms with E-state index >= 15 is 0 Å². The van der Waals surface area contributed by atoms with Gasteiger partial charge in [0.05, 0.1) is 4.47 Å². The molecule has 0 atom stereocenters. The lowest BCUT2D eigenvalue weighted by Gasteiger charge is -2.22. The number of ether oxygens (including phenoxy) is 1. The summed E-state index contributed by atoms with van der Waals surface area (Å²) in [5.74, 6) is 7.08. The highest BCUT2D eigenvalue weighted by atomic mass is 79.9. The van der Waals surface area contributed by atoms with Crippen LogP contribution in [0.25, 0.3) is 0 Å². The molecule has 94 valence electrons. The Morgan fingerprint density at radius 3 is 2.94 bits per heavy atom. The molecule has 0 radical (unpaired) electrons. The van der Waals surface area contributed by atoms with Gasteiger partial charge in [0.2, 0.25) is 5.95 Å². The van der Waals surface area contributed by atoms with Gasteiger partial charge in [-0.2, -0.15) is 4.98 Å². The molecule has 0 spiro atoms. The molecule has 1 aliphatic rings. The Bertz CT molecular complexity index is 370. The highest BCUT2D eigenvalue weighted by Crippen LogP contribution is 2.21. The third-order valence-electron chi connectivity index (χ3n) is 2.77. The summed E-state index contributed by atoms with van der Waals surface area (Å²) in [5, 5.41) is 3.31. The molecule has 1 aromatic rings. The second-order valence-electron chi connectivity index (χ2n) is 3.97. The lowest BCUT2D eigenvalue weighted by molar-refractivity contribution is 0.0699. The Kier molecular flexibility index (Phi) is 4.52. The van der Waals surface area contributed by atoms with Crippen LogP contribution in [0.2, 0.25) is 0 Å². The summed E-state index contributed by atoms with van der Waals surface area (Å²) >= 11 is 3.40. The second-order valence-corrected chi connectivity index (χ2v) is 4.83. The first kappa shape index (κ1) is 12.5. The molecule has 0 amide bonds. The largest absolute Gasteiger partial charge is 0.381 e. The first-order valence-corrected chi connectivity index (χ1v) is 6.39. The Hall–Kier alpha value is -0.920. The van der Waals surface area contributed by atoms with Gasteiger partial charge in [-0.3, -0.25) is 5.43 Å². The summed E-state index contributed by atoms with van der Waals surface area (Å²) in [6.45, 7) is 2.60. The molecule has 7 heteroatoms. The van der Waals surface area contributed by atoms with Crippen molar-refractivity contribution in [1.82, 2.24) is 9.97 Å². The van der Waals surface area contributed by atoms with E-state index in [1.807, 2.05) is 0 Å². The van der Waals surface area contributed by atoms with Crippen molar-refractivity contribution in [2.75, 3.05) is 30.5 Å². The molecule has 6 nitrogen and oxygen atoms in total. The van der Waals surface area contributed by atoms with Crippen molar-refractivity contribution in [3.05, 3.63) is 10.7 Å². The third kappa shape index (κ3) is 3.52. The monoisotopic (exact) mass is 301 g/mol. The third-order valence-corrected chi connectivity index (χ3v) is 3.35. The van der Waals surface area contributed by atoms with Crippen molar-refractivity contribution < 1.29 is 4.74 Å². The average Bonchev–Trinajstić information content (AvgIpc) is 2.39. The number of nitrogens with zero attached hydrogens (tertiary/aromatic N) is 2. The SMILES string of the molecule is NNc1ncc(Br)c(NCC2CCOCC2)n1. The molecule has 2 heterocycles. The predicted molar refractivity (Wildman–Crippen MR) is 69.6 cm³/mol. The van der Waals surface area contributed by atoms with Crippen LogP contribution in [-0.4, -0.2) is 29.7 Å². The quantitative estimate of drug-likeness (QED) is 0.575. The maximum absolute atomic E-state index is 5.32. The molecule has 0 unspecified atom stereocenters. The van der Waals surface area contributed by atoms with Crippen LogP contribution in [0.3, 0.4) is 0 Å². The van der Waals surface area contributed by atoms with Crippen LogP contribution in [0, 0.1) is 5.92 Å². The minimum atomic E-state index is 0.405. The van der Waals surface area contributed by atoms with E-state index in [4.69, 9.17) is 10.6 Å². The molecule has 2 rings (SSSR count). The lowest BCUT2D eigenvalue weighted by Crippen LogP contribution is -2.23. The summed E-state index contributed by atoms with van der Waals surface area (Å²) in [6, 6.07) is 0. The van der Waals surface area contributed by atoms with Crippen LogP contribution >= 0.6 is 15.9 Å². The van der Waals surface area contributed by atoms with Crippen molar-refractivity contribution >= 4 is 27.7 Å². The summed E-state index contributed by atoms with van der Waals surface area (Å²) in [6.07, 6.45) is 3.86. The van der Waals surface area contributed by atoms with Crippen LogP contribution in [0.1, 0.15) is 12.8 Å². The Morgan fingerprint density at radius 2 is 2.24 bits per heavy atom. The van der Waals surface area contributed by atoms with Crippen molar-refractivity contribution in [1.29, 1.82) is 0 Å². The molecule has 1 fully saturated rings. The topological polar surface area (TPSA) is 85.1 Å². The maximum atomic E-state index is 5.32. The number of aromatic nitrogens is 2. The summed E-state index contributed by atoms with van der Waals surface area (Å²) < 4.78 is 6.16. The zero-order chi connectivity index (χ0) is 12.1. The number of rotatable bonds is 4. The zero-order valence-electron chi connectivity index (χ0n) is 9.45. The van der Waals surface area contributed by atoms with Crippen LogP contribution in [0.5, 0.6) is 0 Å². The number of anilines is 2. The summed E-state index contributed by atoms with van der Waals surface area (Å²) in [5.41, 5.74) is 2.43. The van der Waals surface area contributed by atoms with E-state index in [0.29, 0.717) is 11.9 Å². The van der Waals surface area contributed by atoms with Gasteiger partial charge in [-0.05, 0) is 34.7 Å². The van der Waals surface area contributed by atoms with Gasteiger partial charge in [0.25, 0.3) is 0 Å². The van der Waals surface area contributed by atoms with E-state index in [1.165, 1.54) is 0 Å². The molecule has 0 saturated carbocycles. The molecule has 1 saturated heterocycles. The van der Waals surface area contributed by atoms with Gasteiger partial charge in [0, 0.05) is 26.0 Å².